The van der Waals surface area contributed by atoms with Gasteiger partial charge in [0.25, 0.3) is 0 Å². The summed E-state index contributed by atoms with van der Waals surface area (Å²) < 4.78 is 13.7. The third kappa shape index (κ3) is 4.63. The first kappa shape index (κ1) is 16.9. The van der Waals surface area contributed by atoms with Gasteiger partial charge in [-0.1, -0.05) is 27.7 Å². The van der Waals surface area contributed by atoms with E-state index < -0.39 is 0 Å². The van der Waals surface area contributed by atoms with Crippen molar-refractivity contribution < 1.29 is 4.39 Å². The zero-order valence-corrected chi connectivity index (χ0v) is 12.5. The Bertz CT molecular complexity index is 320. The van der Waals surface area contributed by atoms with Crippen LogP contribution in [-0.2, 0) is 0 Å². The van der Waals surface area contributed by atoms with Crippen LogP contribution in [0.5, 0.6) is 0 Å². The van der Waals surface area contributed by atoms with Crippen molar-refractivity contribution in [1.82, 2.24) is 4.98 Å². The van der Waals surface area contributed by atoms with Crippen LogP contribution in [0, 0.1) is 12.7 Å². The number of piperidine rings is 1. The van der Waals surface area contributed by atoms with Gasteiger partial charge in [0, 0.05) is 19.3 Å². The van der Waals surface area contributed by atoms with E-state index in [2.05, 4.69) is 4.98 Å². The SMILES string of the molecule is CC.CC.Cc1ccnc(N2CCCCC2)c1F. The van der Waals surface area contributed by atoms with Crippen LogP contribution in [-0.4, -0.2) is 18.1 Å². The predicted octanol–water partition coefficient (Wildman–Crippen LogP) is 4.57. The minimum Gasteiger partial charge on any atom is -0.354 e. The number of hydrogen-bond acceptors (Lipinski definition) is 2. The number of rotatable bonds is 1. The molecule has 0 bridgehead atoms. The summed E-state index contributed by atoms with van der Waals surface area (Å²) in [4.78, 5) is 6.16. The molecule has 0 saturated carbocycles. The Hall–Kier alpha value is -1.12. The Kier molecular flexibility index (Phi) is 9.25. The zero-order valence-electron chi connectivity index (χ0n) is 12.5. The van der Waals surface area contributed by atoms with E-state index in [1.54, 1.807) is 19.2 Å². The van der Waals surface area contributed by atoms with Gasteiger partial charge in [-0.05, 0) is 37.8 Å². The molecular formula is C15H27FN2. The van der Waals surface area contributed by atoms with Gasteiger partial charge in [0.05, 0.1) is 0 Å². The van der Waals surface area contributed by atoms with Crippen LogP contribution >= 0.6 is 0 Å². The van der Waals surface area contributed by atoms with Gasteiger partial charge in [-0.3, -0.25) is 0 Å². The number of hydrogen-bond donors (Lipinski definition) is 0. The van der Waals surface area contributed by atoms with Crippen LogP contribution in [0.25, 0.3) is 0 Å². The summed E-state index contributed by atoms with van der Waals surface area (Å²) in [6.07, 6.45) is 5.23. The number of pyridine rings is 1. The zero-order chi connectivity index (χ0) is 14.0. The number of aromatic nitrogens is 1. The molecule has 1 fully saturated rings. The third-order valence-corrected chi connectivity index (χ3v) is 2.72. The molecule has 0 aromatic carbocycles. The van der Waals surface area contributed by atoms with E-state index in [0.717, 1.165) is 25.9 Å². The van der Waals surface area contributed by atoms with Crippen molar-refractivity contribution in [2.24, 2.45) is 0 Å². The minimum absolute atomic E-state index is 0.158. The van der Waals surface area contributed by atoms with E-state index >= 15 is 0 Å². The van der Waals surface area contributed by atoms with Gasteiger partial charge in [-0.2, -0.15) is 0 Å². The fourth-order valence-corrected chi connectivity index (χ4v) is 1.85. The molecule has 1 aromatic rings. The van der Waals surface area contributed by atoms with E-state index in [1.165, 1.54) is 6.42 Å². The lowest BCUT2D eigenvalue weighted by molar-refractivity contribution is 0.547. The quantitative estimate of drug-likeness (QED) is 0.729. The molecule has 2 nitrogen and oxygen atoms in total. The van der Waals surface area contributed by atoms with Crippen LogP contribution in [0.3, 0.4) is 0 Å². The maximum atomic E-state index is 13.7. The second-order valence-electron chi connectivity index (χ2n) is 3.81. The van der Waals surface area contributed by atoms with Crippen LogP contribution in [0.2, 0.25) is 0 Å². The van der Waals surface area contributed by atoms with Crippen molar-refractivity contribution in [3.05, 3.63) is 23.6 Å². The van der Waals surface area contributed by atoms with E-state index in [-0.39, 0.29) is 5.82 Å². The summed E-state index contributed by atoms with van der Waals surface area (Å²) in [5.74, 6) is 0.374. The number of halogens is 1. The first-order chi connectivity index (χ1) is 8.79. The highest BCUT2D eigenvalue weighted by atomic mass is 19.1. The maximum Gasteiger partial charge on any atom is 0.168 e. The normalized spacial score (nSPS) is 14.0. The number of aryl methyl sites for hydroxylation is 1. The van der Waals surface area contributed by atoms with E-state index in [0.29, 0.717) is 11.4 Å². The van der Waals surface area contributed by atoms with Crippen LogP contribution in [0.1, 0.15) is 52.5 Å². The van der Waals surface area contributed by atoms with Crippen molar-refractivity contribution in [2.75, 3.05) is 18.0 Å². The average Bonchev–Trinajstić information content (AvgIpc) is 2.47. The van der Waals surface area contributed by atoms with Gasteiger partial charge in [0.1, 0.15) is 0 Å². The van der Waals surface area contributed by atoms with Gasteiger partial charge >= 0.3 is 0 Å². The van der Waals surface area contributed by atoms with Gasteiger partial charge in [-0.25, -0.2) is 9.37 Å². The second-order valence-corrected chi connectivity index (χ2v) is 3.81. The third-order valence-electron chi connectivity index (χ3n) is 2.72. The lowest BCUT2D eigenvalue weighted by Crippen LogP contribution is -2.31. The molecule has 1 aromatic heterocycles. The Labute approximate surface area is 111 Å². The highest BCUT2D eigenvalue weighted by Crippen LogP contribution is 2.22. The molecular weight excluding hydrogens is 227 g/mol. The highest BCUT2D eigenvalue weighted by Gasteiger charge is 2.16. The van der Waals surface area contributed by atoms with Crippen molar-refractivity contribution in [3.63, 3.8) is 0 Å². The number of nitrogens with zero attached hydrogens (tertiary/aromatic N) is 2. The Morgan fingerprint density at radius 1 is 1.06 bits per heavy atom. The van der Waals surface area contributed by atoms with Crippen LogP contribution < -0.4 is 4.90 Å². The molecule has 0 unspecified atom stereocenters. The largest absolute Gasteiger partial charge is 0.354 e. The van der Waals surface area contributed by atoms with Crippen LogP contribution in [0.15, 0.2) is 12.3 Å². The first-order valence-corrected chi connectivity index (χ1v) is 7.15. The highest BCUT2D eigenvalue weighted by molar-refractivity contribution is 5.42. The lowest BCUT2D eigenvalue weighted by Gasteiger charge is -2.28. The topological polar surface area (TPSA) is 16.1 Å². The monoisotopic (exact) mass is 254 g/mol. The summed E-state index contributed by atoms with van der Waals surface area (Å²) in [7, 11) is 0. The Balaban J connectivity index is 0.000000659. The Morgan fingerprint density at radius 3 is 2.17 bits per heavy atom. The second kappa shape index (κ2) is 9.86. The molecule has 0 amide bonds. The van der Waals surface area contributed by atoms with Gasteiger partial charge in [0.15, 0.2) is 11.6 Å². The van der Waals surface area contributed by atoms with Gasteiger partial charge in [-0.15, -0.1) is 0 Å². The fraction of sp³-hybridized carbons (Fsp3) is 0.667. The summed E-state index contributed by atoms with van der Waals surface area (Å²) in [6, 6.07) is 1.71. The predicted molar refractivity (Wildman–Crippen MR) is 77.7 cm³/mol. The minimum atomic E-state index is -0.158. The molecule has 18 heavy (non-hydrogen) atoms. The number of anilines is 1. The molecule has 3 heteroatoms. The van der Waals surface area contributed by atoms with Gasteiger partial charge in [0.2, 0.25) is 0 Å². The summed E-state index contributed by atoms with van der Waals surface area (Å²) in [5, 5.41) is 0. The summed E-state index contributed by atoms with van der Waals surface area (Å²) in [6.45, 7) is 11.7. The van der Waals surface area contributed by atoms with Crippen molar-refractivity contribution >= 4 is 5.82 Å². The molecule has 0 radical (unpaired) electrons. The maximum absolute atomic E-state index is 13.7. The fourth-order valence-electron chi connectivity index (χ4n) is 1.85. The molecule has 2 rings (SSSR count). The molecule has 0 N–H and O–H groups in total. The Morgan fingerprint density at radius 2 is 1.61 bits per heavy atom. The van der Waals surface area contributed by atoms with E-state index in [9.17, 15) is 4.39 Å². The molecule has 0 aliphatic carbocycles. The van der Waals surface area contributed by atoms with Gasteiger partial charge < -0.3 is 4.90 Å². The molecule has 1 aliphatic heterocycles. The smallest absolute Gasteiger partial charge is 0.168 e. The van der Waals surface area contributed by atoms with Crippen molar-refractivity contribution in [3.8, 4) is 0 Å². The lowest BCUT2D eigenvalue weighted by atomic mass is 10.1. The molecule has 0 atom stereocenters. The summed E-state index contributed by atoms with van der Waals surface area (Å²) >= 11 is 0. The van der Waals surface area contributed by atoms with Crippen molar-refractivity contribution in [1.29, 1.82) is 0 Å². The molecule has 1 aliphatic rings. The van der Waals surface area contributed by atoms with E-state index in [4.69, 9.17) is 0 Å². The first-order valence-electron chi connectivity index (χ1n) is 7.15. The molecule has 104 valence electrons. The standard InChI is InChI=1S/C11H15FN2.2C2H6/c1-9-5-6-13-11(10(9)12)14-7-3-2-4-8-14;2*1-2/h5-6H,2-4,7-8H2,1H3;2*1-2H3. The summed E-state index contributed by atoms with van der Waals surface area (Å²) in [5.41, 5.74) is 0.681. The van der Waals surface area contributed by atoms with Crippen LogP contribution in [0.4, 0.5) is 10.2 Å². The average molecular weight is 254 g/mol. The molecule has 1 saturated heterocycles. The van der Waals surface area contributed by atoms with E-state index in [1.807, 2.05) is 32.6 Å². The molecule has 2 heterocycles. The molecule has 0 spiro atoms. The van der Waals surface area contributed by atoms with Crippen molar-refractivity contribution in [2.45, 2.75) is 53.9 Å².